The van der Waals surface area contributed by atoms with E-state index in [0.717, 1.165) is 109 Å². The molecule has 0 fully saturated rings. The molecule has 2 unspecified atom stereocenters. The van der Waals surface area contributed by atoms with Crippen LogP contribution in [0, 0.1) is 0 Å². The van der Waals surface area contributed by atoms with Crippen molar-refractivity contribution in [3.63, 3.8) is 0 Å². The van der Waals surface area contributed by atoms with Gasteiger partial charge in [0.2, 0.25) is 0 Å². The quantitative estimate of drug-likeness (QED) is 0.0169. The van der Waals surface area contributed by atoms with Gasteiger partial charge in [-0.3, -0.25) is 37.3 Å². The van der Waals surface area contributed by atoms with Crippen LogP contribution in [-0.2, 0) is 65.4 Å². The third-order valence-corrected chi connectivity index (χ3v) is 20.1. The second kappa shape index (κ2) is 77.7. The first kappa shape index (κ1) is 100. The summed E-state index contributed by atoms with van der Waals surface area (Å²) in [4.78, 5) is 73.1. The Morgan fingerprint density at radius 2 is 0.490 bits per heavy atom. The molecule has 0 spiro atoms. The van der Waals surface area contributed by atoms with Crippen LogP contribution in [0.25, 0.3) is 0 Å². The van der Waals surface area contributed by atoms with E-state index in [1.165, 1.54) is 193 Å². The molecule has 17 nitrogen and oxygen atoms in total. The van der Waals surface area contributed by atoms with Crippen molar-refractivity contribution in [3.8, 4) is 0 Å². The molecule has 0 aliphatic heterocycles. The van der Waals surface area contributed by atoms with Crippen molar-refractivity contribution in [1.82, 2.24) is 0 Å². The van der Waals surface area contributed by atoms with E-state index in [0.29, 0.717) is 32.1 Å². The van der Waals surface area contributed by atoms with Crippen LogP contribution in [0.5, 0.6) is 0 Å². The number of carbonyl (C=O) groups is 4. The maximum absolute atomic E-state index is 13.1. The first-order valence-electron chi connectivity index (χ1n) is 42.2. The van der Waals surface area contributed by atoms with Gasteiger partial charge in [0.15, 0.2) is 12.2 Å². The van der Waals surface area contributed by atoms with Gasteiger partial charge in [0.05, 0.1) is 26.4 Å². The Morgan fingerprint density at radius 3 is 0.817 bits per heavy atom. The molecule has 0 amide bonds. The van der Waals surface area contributed by atoms with Crippen LogP contribution in [0.4, 0.5) is 0 Å². The van der Waals surface area contributed by atoms with Gasteiger partial charge < -0.3 is 33.8 Å². The van der Waals surface area contributed by atoms with Gasteiger partial charge in [-0.2, -0.15) is 0 Å². The van der Waals surface area contributed by atoms with E-state index in [-0.39, 0.29) is 25.7 Å². The fraction of sp³-hybridized carbons (Fsp3) is 0.812. The lowest BCUT2D eigenvalue weighted by atomic mass is 10.0. The lowest BCUT2D eigenvalue weighted by molar-refractivity contribution is -0.161. The van der Waals surface area contributed by atoms with Crippen LogP contribution >= 0.6 is 15.6 Å². The molecule has 104 heavy (non-hydrogen) atoms. The van der Waals surface area contributed by atoms with Crippen molar-refractivity contribution in [2.45, 2.75) is 406 Å². The topological polar surface area (TPSA) is 237 Å². The first-order chi connectivity index (χ1) is 50.7. The number of hydrogen-bond donors (Lipinski definition) is 3. The number of carbonyl (C=O) groups excluding carboxylic acids is 4. The number of phosphoric ester groups is 2. The summed E-state index contributed by atoms with van der Waals surface area (Å²) in [5.41, 5.74) is 0. The highest BCUT2D eigenvalue weighted by Crippen LogP contribution is 2.45. The highest BCUT2D eigenvalue weighted by Gasteiger charge is 2.30. The third kappa shape index (κ3) is 76.7. The number of aliphatic hydroxyl groups is 1. The number of esters is 4. The van der Waals surface area contributed by atoms with Gasteiger partial charge in [0, 0.05) is 25.7 Å². The Hall–Kier alpha value is -3.50. The molecule has 0 radical (unpaired) electrons. The number of ether oxygens (including phenoxy) is 4. The summed E-state index contributed by atoms with van der Waals surface area (Å²) in [5.74, 6) is -2.24. The molecular formula is C85H154O17P2. The molecule has 0 aliphatic carbocycles. The second-order valence-corrected chi connectivity index (χ2v) is 31.3. The van der Waals surface area contributed by atoms with Crippen LogP contribution in [0.2, 0.25) is 0 Å². The molecule has 0 aromatic rings. The Morgan fingerprint density at radius 1 is 0.269 bits per heavy atom. The van der Waals surface area contributed by atoms with Gasteiger partial charge >= 0.3 is 39.5 Å². The van der Waals surface area contributed by atoms with Crippen molar-refractivity contribution in [1.29, 1.82) is 0 Å². The minimum Gasteiger partial charge on any atom is -0.462 e. The summed E-state index contributed by atoms with van der Waals surface area (Å²) >= 11 is 0. The molecule has 0 saturated heterocycles. The van der Waals surface area contributed by atoms with E-state index in [9.17, 15) is 43.2 Å². The fourth-order valence-corrected chi connectivity index (χ4v) is 13.3. The number of phosphoric acid groups is 2. The Balaban J connectivity index is 5.40. The van der Waals surface area contributed by atoms with E-state index in [4.69, 9.17) is 37.0 Å². The van der Waals surface area contributed by atoms with E-state index < -0.39 is 97.5 Å². The van der Waals surface area contributed by atoms with Crippen LogP contribution in [0.15, 0.2) is 72.9 Å². The minimum absolute atomic E-state index is 0.0260. The van der Waals surface area contributed by atoms with Crippen molar-refractivity contribution in [2.75, 3.05) is 39.6 Å². The molecule has 0 heterocycles. The van der Waals surface area contributed by atoms with Crippen molar-refractivity contribution >= 4 is 39.5 Å². The Labute approximate surface area is 634 Å². The van der Waals surface area contributed by atoms with Crippen LogP contribution in [-0.4, -0.2) is 96.7 Å². The average Bonchev–Trinajstić information content (AvgIpc) is 0.943. The molecule has 0 bridgehead atoms. The van der Waals surface area contributed by atoms with Gasteiger partial charge in [-0.1, -0.05) is 345 Å². The van der Waals surface area contributed by atoms with Crippen molar-refractivity contribution in [2.24, 2.45) is 0 Å². The number of rotatable bonds is 80. The average molecular weight is 1510 g/mol. The van der Waals surface area contributed by atoms with E-state index in [1.54, 1.807) is 0 Å². The Kier molecular flexibility index (Phi) is 75.0. The van der Waals surface area contributed by atoms with Gasteiger partial charge in [-0.25, -0.2) is 9.13 Å². The largest absolute Gasteiger partial charge is 0.472 e. The maximum Gasteiger partial charge on any atom is 0.472 e. The molecule has 0 aromatic heterocycles. The highest BCUT2D eigenvalue weighted by atomic mass is 31.2. The lowest BCUT2D eigenvalue weighted by Crippen LogP contribution is -2.30. The zero-order valence-corrected chi connectivity index (χ0v) is 68.2. The normalized spacial score (nSPS) is 14.2. The summed E-state index contributed by atoms with van der Waals surface area (Å²) in [6.45, 7) is 4.84. The van der Waals surface area contributed by atoms with E-state index in [1.807, 2.05) is 18.2 Å². The standard InChI is InChI=1S/C85H154O17P2/c1-5-9-13-17-21-25-29-33-37-38-39-40-44-48-52-56-60-64-68-72-85(90)102-81(76-96-83(88)70-66-62-58-54-50-46-42-35-31-27-23-19-15-11-7-3)78-100-104(93,94)98-74-79(86)73-97-103(91,92)99-77-80(101-84(89)71-67-63-59-55-51-47-43-36-32-28-24-20-16-12-8-4)75-95-82(87)69-65-61-57-53-49-45-41-34-30-26-22-18-14-10-6-2/h21,25,27,31,33,37,39-40,48,52,60,64,79-81,86H,5-20,22-24,26,28-30,32,34-36,38,41-47,49-51,53-59,61-63,65-78H2,1-4H3,(H,91,92)(H,93,94)/b25-21-,31-27-,37-33-,40-39-,52-48-,64-60-/t79-,80+,81+/m0/s1. The van der Waals surface area contributed by atoms with Crippen molar-refractivity contribution in [3.05, 3.63) is 72.9 Å². The summed E-state index contributed by atoms with van der Waals surface area (Å²) in [6, 6.07) is 0. The van der Waals surface area contributed by atoms with Gasteiger partial charge in [0.25, 0.3) is 0 Å². The number of allylic oxidation sites excluding steroid dienone is 12. The number of unbranched alkanes of at least 4 members (excludes halogenated alkanes) is 42. The number of aliphatic hydroxyl groups excluding tert-OH is 1. The molecule has 0 rings (SSSR count). The van der Waals surface area contributed by atoms with Gasteiger partial charge in [0.1, 0.15) is 19.3 Å². The third-order valence-electron chi connectivity index (χ3n) is 18.2. The first-order valence-corrected chi connectivity index (χ1v) is 45.2. The van der Waals surface area contributed by atoms with Gasteiger partial charge in [-0.15, -0.1) is 0 Å². The summed E-state index contributed by atoms with van der Waals surface area (Å²) < 4.78 is 68.7. The monoisotopic (exact) mass is 1510 g/mol. The molecule has 606 valence electrons. The zero-order chi connectivity index (χ0) is 76.0. The summed E-state index contributed by atoms with van der Waals surface area (Å²) in [6.07, 6.45) is 80.2. The summed E-state index contributed by atoms with van der Waals surface area (Å²) in [5, 5.41) is 10.7. The fourth-order valence-electron chi connectivity index (χ4n) is 11.7. The van der Waals surface area contributed by atoms with Crippen molar-refractivity contribution < 1.29 is 80.2 Å². The zero-order valence-electron chi connectivity index (χ0n) is 66.5. The molecule has 0 aliphatic rings. The van der Waals surface area contributed by atoms with E-state index >= 15 is 0 Å². The minimum atomic E-state index is -4.99. The predicted octanol–water partition coefficient (Wildman–Crippen LogP) is 24.8. The van der Waals surface area contributed by atoms with Crippen LogP contribution in [0.3, 0.4) is 0 Å². The predicted molar refractivity (Wildman–Crippen MR) is 427 cm³/mol. The SMILES string of the molecule is CCCCC/C=C\C/C=C\C/C=C\C/C=C\C/C=C\CCC(=O)O[C@H](COC(=O)CCCCCCCCC/C=C\CCCCCC)COP(=O)(O)OC[C@@H](O)COP(=O)(O)OC[C@@H](COC(=O)CCCCCCCCCCCCCCCCC)OC(=O)CCCCCCCCCCCCCCCCC. The molecular weight excluding hydrogens is 1350 g/mol. The lowest BCUT2D eigenvalue weighted by Gasteiger charge is -2.21. The Bertz CT molecular complexity index is 2250. The summed E-state index contributed by atoms with van der Waals surface area (Å²) in [7, 11) is -9.97. The maximum atomic E-state index is 13.1. The van der Waals surface area contributed by atoms with Crippen LogP contribution in [0.1, 0.15) is 387 Å². The second-order valence-electron chi connectivity index (χ2n) is 28.4. The molecule has 5 atom stereocenters. The van der Waals surface area contributed by atoms with Gasteiger partial charge in [-0.05, 0) is 89.9 Å². The molecule has 19 heteroatoms. The highest BCUT2D eigenvalue weighted by molar-refractivity contribution is 7.47. The molecule has 0 aromatic carbocycles. The van der Waals surface area contributed by atoms with Crippen LogP contribution < -0.4 is 0 Å². The smallest absolute Gasteiger partial charge is 0.462 e. The number of hydrogen-bond acceptors (Lipinski definition) is 15. The van der Waals surface area contributed by atoms with E-state index in [2.05, 4.69) is 82.4 Å². The molecule has 3 N–H and O–H groups in total. The molecule has 0 saturated carbocycles.